The number of aromatic amines is 1. The van der Waals surface area contributed by atoms with Crippen LogP contribution in [0.5, 0.6) is 0 Å². The zero-order valence-corrected chi connectivity index (χ0v) is 12.0. The van der Waals surface area contributed by atoms with Gasteiger partial charge in [0.05, 0.1) is 11.7 Å². The van der Waals surface area contributed by atoms with Crippen LogP contribution in [0, 0.1) is 0 Å². The highest BCUT2D eigenvalue weighted by Gasteiger charge is 2.18. The first-order chi connectivity index (χ1) is 9.24. The number of halogens is 1. The molecule has 1 fully saturated rings. The second-order valence-corrected chi connectivity index (χ2v) is 5.65. The molecule has 2 N–H and O–H groups in total. The molecular formula is C14H15BrN2O2. The van der Waals surface area contributed by atoms with Gasteiger partial charge in [-0.1, -0.05) is 15.9 Å². The smallest absolute Gasteiger partial charge is 0.253 e. The maximum Gasteiger partial charge on any atom is 0.253 e. The second kappa shape index (κ2) is 5.35. The lowest BCUT2D eigenvalue weighted by atomic mass is 10.1. The third kappa shape index (κ3) is 2.67. The van der Waals surface area contributed by atoms with E-state index in [0.717, 1.165) is 34.8 Å². The van der Waals surface area contributed by atoms with Gasteiger partial charge >= 0.3 is 0 Å². The van der Waals surface area contributed by atoms with Crippen molar-refractivity contribution >= 4 is 32.7 Å². The molecule has 1 atom stereocenters. The number of hydrogen-bond acceptors (Lipinski definition) is 2. The van der Waals surface area contributed by atoms with E-state index in [2.05, 4.69) is 26.2 Å². The quantitative estimate of drug-likeness (QED) is 0.913. The van der Waals surface area contributed by atoms with E-state index in [9.17, 15) is 4.79 Å². The average Bonchev–Trinajstić information content (AvgIpc) is 3.04. The predicted octanol–water partition coefficient (Wildman–Crippen LogP) is 2.84. The Morgan fingerprint density at radius 3 is 3.21 bits per heavy atom. The van der Waals surface area contributed by atoms with E-state index in [0.29, 0.717) is 12.1 Å². The van der Waals surface area contributed by atoms with Crippen molar-refractivity contribution in [1.29, 1.82) is 0 Å². The van der Waals surface area contributed by atoms with Crippen molar-refractivity contribution in [2.75, 3.05) is 13.2 Å². The lowest BCUT2D eigenvalue weighted by Crippen LogP contribution is -2.31. The van der Waals surface area contributed by atoms with Gasteiger partial charge in [0.15, 0.2) is 0 Å². The Balaban J connectivity index is 1.75. The van der Waals surface area contributed by atoms with Crippen LogP contribution in [0.1, 0.15) is 23.2 Å². The molecule has 0 radical (unpaired) electrons. The molecule has 3 rings (SSSR count). The first-order valence-electron chi connectivity index (χ1n) is 6.40. The number of amides is 1. The van der Waals surface area contributed by atoms with E-state index >= 15 is 0 Å². The van der Waals surface area contributed by atoms with Crippen LogP contribution < -0.4 is 5.32 Å². The van der Waals surface area contributed by atoms with Crippen molar-refractivity contribution in [2.24, 2.45) is 0 Å². The Morgan fingerprint density at radius 1 is 1.53 bits per heavy atom. The third-order valence-corrected chi connectivity index (χ3v) is 3.90. The molecular weight excluding hydrogens is 308 g/mol. The Morgan fingerprint density at radius 2 is 2.42 bits per heavy atom. The molecule has 2 heterocycles. The number of nitrogens with one attached hydrogen (secondary N) is 2. The maximum absolute atomic E-state index is 12.2. The first kappa shape index (κ1) is 12.7. The number of hydrogen-bond donors (Lipinski definition) is 2. The molecule has 0 bridgehead atoms. The Kier molecular flexibility index (Phi) is 3.57. The van der Waals surface area contributed by atoms with Gasteiger partial charge in [-0.05, 0) is 31.0 Å². The van der Waals surface area contributed by atoms with Gasteiger partial charge in [-0.15, -0.1) is 0 Å². The lowest BCUT2D eigenvalue weighted by Gasteiger charge is -2.10. The van der Waals surface area contributed by atoms with E-state index in [1.807, 2.05) is 18.2 Å². The fraction of sp³-hybridized carbons (Fsp3) is 0.357. The van der Waals surface area contributed by atoms with Crippen LogP contribution in [0.4, 0.5) is 0 Å². The van der Waals surface area contributed by atoms with Gasteiger partial charge in [-0.3, -0.25) is 4.79 Å². The molecule has 0 spiro atoms. The highest BCUT2D eigenvalue weighted by molar-refractivity contribution is 9.10. The van der Waals surface area contributed by atoms with Crippen LogP contribution in [0.2, 0.25) is 0 Å². The summed E-state index contributed by atoms with van der Waals surface area (Å²) in [5, 5.41) is 3.87. The van der Waals surface area contributed by atoms with Crippen LogP contribution in [0.25, 0.3) is 10.9 Å². The SMILES string of the molecule is O=C(NC[C@H]1CCCO1)c1c[nH]c2ccc(Br)cc12. The van der Waals surface area contributed by atoms with E-state index in [1.54, 1.807) is 6.20 Å². The molecule has 1 amide bonds. The monoisotopic (exact) mass is 322 g/mol. The number of rotatable bonds is 3. The van der Waals surface area contributed by atoms with Crippen molar-refractivity contribution in [1.82, 2.24) is 10.3 Å². The minimum Gasteiger partial charge on any atom is -0.376 e. The molecule has 4 nitrogen and oxygen atoms in total. The van der Waals surface area contributed by atoms with Crippen LogP contribution >= 0.6 is 15.9 Å². The van der Waals surface area contributed by atoms with Crippen molar-refractivity contribution in [3.63, 3.8) is 0 Å². The van der Waals surface area contributed by atoms with Gasteiger partial charge in [0.1, 0.15) is 0 Å². The normalized spacial score (nSPS) is 18.9. The standard InChI is InChI=1S/C14H15BrN2O2/c15-9-3-4-13-11(6-9)12(8-16-13)14(18)17-7-10-2-1-5-19-10/h3-4,6,8,10,16H,1-2,5,7H2,(H,17,18)/t10-/m1/s1. The number of benzene rings is 1. The van der Waals surface area contributed by atoms with Gasteiger partial charge in [-0.2, -0.15) is 0 Å². The summed E-state index contributed by atoms with van der Waals surface area (Å²) >= 11 is 3.43. The topological polar surface area (TPSA) is 54.1 Å². The minimum absolute atomic E-state index is 0.0557. The van der Waals surface area contributed by atoms with Gasteiger partial charge in [0, 0.05) is 34.7 Å². The molecule has 19 heavy (non-hydrogen) atoms. The number of ether oxygens (including phenoxy) is 1. The second-order valence-electron chi connectivity index (χ2n) is 4.74. The fourth-order valence-corrected chi connectivity index (χ4v) is 2.75. The highest BCUT2D eigenvalue weighted by atomic mass is 79.9. The van der Waals surface area contributed by atoms with Crippen molar-refractivity contribution < 1.29 is 9.53 Å². The summed E-state index contributed by atoms with van der Waals surface area (Å²) in [6.45, 7) is 1.39. The average molecular weight is 323 g/mol. The van der Waals surface area contributed by atoms with Gasteiger partial charge in [0.25, 0.3) is 5.91 Å². The summed E-state index contributed by atoms with van der Waals surface area (Å²) in [4.78, 5) is 15.3. The summed E-state index contributed by atoms with van der Waals surface area (Å²) in [6, 6.07) is 5.86. The minimum atomic E-state index is -0.0557. The molecule has 0 aliphatic carbocycles. The van der Waals surface area contributed by atoms with Crippen LogP contribution in [0.15, 0.2) is 28.9 Å². The number of aromatic nitrogens is 1. The van der Waals surface area contributed by atoms with Gasteiger partial charge in [-0.25, -0.2) is 0 Å². The molecule has 5 heteroatoms. The number of carbonyl (C=O) groups excluding carboxylic acids is 1. The summed E-state index contributed by atoms with van der Waals surface area (Å²) in [7, 11) is 0. The van der Waals surface area contributed by atoms with Crippen molar-refractivity contribution in [2.45, 2.75) is 18.9 Å². The maximum atomic E-state index is 12.2. The summed E-state index contributed by atoms with van der Waals surface area (Å²) < 4.78 is 6.46. The number of fused-ring (bicyclic) bond motifs is 1. The molecule has 1 aliphatic rings. The molecule has 1 aromatic heterocycles. The van der Waals surface area contributed by atoms with Crippen LogP contribution in [0.3, 0.4) is 0 Å². The summed E-state index contributed by atoms with van der Waals surface area (Å²) in [6.07, 6.45) is 4.03. The molecule has 1 saturated heterocycles. The molecule has 0 saturated carbocycles. The molecule has 1 aromatic carbocycles. The number of H-pyrrole nitrogens is 1. The molecule has 100 valence electrons. The largest absolute Gasteiger partial charge is 0.376 e. The summed E-state index contributed by atoms with van der Waals surface area (Å²) in [5.74, 6) is -0.0557. The third-order valence-electron chi connectivity index (χ3n) is 3.40. The van der Waals surface area contributed by atoms with Crippen molar-refractivity contribution in [3.8, 4) is 0 Å². The number of carbonyl (C=O) groups is 1. The van der Waals surface area contributed by atoms with Gasteiger partial charge in [0.2, 0.25) is 0 Å². The zero-order valence-electron chi connectivity index (χ0n) is 10.4. The lowest BCUT2D eigenvalue weighted by molar-refractivity contribution is 0.0859. The first-order valence-corrected chi connectivity index (χ1v) is 7.20. The van der Waals surface area contributed by atoms with E-state index < -0.39 is 0 Å². The van der Waals surface area contributed by atoms with E-state index in [-0.39, 0.29) is 12.0 Å². The Labute approximate surface area is 119 Å². The van der Waals surface area contributed by atoms with Crippen molar-refractivity contribution in [3.05, 3.63) is 34.4 Å². The summed E-state index contributed by atoms with van der Waals surface area (Å²) in [5.41, 5.74) is 1.64. The van der Waals surface area contributed by atoms with Gasteiger partial charge < -0.3 is 15.0 Å². The predicted molar refractivity (Wildman–Crippen MR) is 77.3 cm³/mol. The van der Waals surface area contributed by atoms with E-state index in [1.165, 1.54) is 0 Å². The zero-order chi connectivity index (χ0) is 13.2. The van der Waals surface area contributed by atoms with E-state index in [4.69, 9.17) is 4.74 Å². The highest BCUT2D eigenvalue weighted by Crippen LogP contribution is 2.22. The molecule has 1 aliphatic heterocycles. The Hall–Kier alpha value is -1.33. The molecule has 0 unspecified atom stereocenters. The van der Waals surface area contributed by atoms with Crippen LogP contribution in [-0.4, -0.2) is 30.1 Å². The molecule has 2 aromatic rings. The Bertz CT molecular complexity index is 603. The fourth-order valence-electron chi connectivity index (χ4n) is 2.39. The van der Waals surface area contributed by atoms with Crippen LogP contribution in [-0.2, 0) is 4.74 Å².